The molecule has 0 atom stereocenters. The fourth-order valence-corrected chi connectivity index (χ4v) is 1.93. The van der Waals surface area contributed by atoms with Gasteiger partial charge in [0.2, 0.25) is 0 Å². The largest absolute Gasteiger partial charge is 0.383 e. The Hall–Kier alpha value is -2.21. The number of nitrogens with one attached hydrogen (secondary N) is 1. The number of hydrogen-bond acceptors (Lipinski definition) is 5. The van der Waals surface area contributed by atoms with Gasteiger partial charge in [0, 0.05) is 35.4 Å². The Kier molecular flexibility index (Phi) is 4.09. The molecule has 0 saturated carbocycles. The van der Waals surface area contributed by atoms with Crippen LogP contribution in [-0.2, 0) is 0 Å². The van der Waals surface area contributed by atoms with Crippen molar-refractivity contribution in [1.29, 1.82) is 0 Å². The molecule has 1 aromatic heterocycles. The third kappa shape index (κ3) is 3.11. The van der Waals surface area contributed by atoms with Gasteiger partial charge in [-0.25, -0.2) is 4.98 Å². The maximum atomic E-state index is 11.1. The zero-order valence-electron chi connectivity index (χ0n) is 12.8. The maximum Gasteiger partial charge on any atom is 0.295 e. The van der Waals surface area contributed by atoms with E-state index in [9.17, 15) is 10.1 Å². The molecule has 0 fully saturated rings. The number of nitro groups is 1. The number of nitro benzene ring substituents is 1. The quantitative estimate of drug-likeness (QED) is 0.676. The van der Waals surface area contributed by atoms with E-state index in [1.807, 2.05) is 26.2 Å². The van der Waals surface area contributed by atoms with E-state index in [1.165, 1.54) is 6.07 Å². The van der Waals surface area contributed by atoms with Gasteiger partial charge in [0.25, 0.3) is 5.69 Å². The summed E-state index contributed by atoms with van der Waals surface area (Å²) >= 11 is 0. The fourth-order valence-electron chi connectivity index (χ4n) is 1.93. The van der Waals surface area contributed by atoms with Crippen LogP contribution >= 0.6 is 0 Å². The highest BCUT2D eigenvalue weighted by atomic mass is 16.6. The number of benzene rings is 1. The normalized spacial score (nSPS) is 11.9. The molecule has 0 radical (unpaired) electrons. The Balaban J connectivity index is 2.38. The highest BCUT2D eigenvalue weighted by Gasteiger charge is 2.21. The summed E-state index contributed by atoms with van der Waals surface area (Å²) in [6, 6.07) is 6.85. The number of rotatable bonds is 5. The lowest BCUT2D eigenvalue weighted by Gasteiger charge is -2.33. The van der Waals surface area contributed by atoms with Crippen LogP contribution in [0, 0.1) is 10.1 Å². The molecular formula is C15H20N4O2. The number of likely N-dealkylation sites (N-methyl/N-ethyl adjacent to an activating group) is 1. The summed E-state index contributed by atoms with van der Waals surface area (Å²) in [6.45, 7) is 4.99. The van der Waals surface area contributed by atoms with Crippen molar-refractivity contribution in [1.82, 2.24) is 9.88 Å². The summed E-state index contributed by atoms with van der Waals surface area (Å²) in [5.41, 5.74) is 1.27. The van der Waals surface area contributed by atoms with Crippen LogP contribution in [0.5, 0.6) is 0 Å². The molecule has 0 saturated heterocycles. The zero-order chi connectivity index (χ0) is 15.6. The van der Waals surface area contributed by atoms with E-state index in [-0.39, 0.29) is 11.2 Å². The molecule has 6 nitrogen and oxygen atoms in total. The van der Waals surface area contributed by atoms with E-state index in [2.05, 4.69) is 29.0 Å². The van der Waals surface area contributed by atoms with Crippen molar-refractivity contribution in [3.63, 3.8) is 0 Å². The summed E-state index contributed by atoms with van der Waals surface area (Å²) in [4.78, 5) is 17.0. The van der Waals surface area contributed by atoms with E-state index in [4.69, 9.17) is 0 Å². The number of anilines is 1. The first-order valence-corrected chi connectivity index (χ1v) is 6.76. The van der Waals surface area contributed by atoms with E-state index < -0.39 is 4.92 Å². The van der Waals surface area contributed by atoms with E-state index in [0.29, 0.717) is 5.52 Å². The molecule has 6 heteroatoms. The Bertz CT molecular complexity index is 668. The first kappa shape index (κ1) is 15.2. The molecule has 0 aliphatic carbocycles. The molecule has 2 aromatic rings. The minimum atomic E-state index is -0.400. The Morgan fingerprint density at radius 1 is 1.33 bits per heavy atom. The van der Waals surface area contributed by atoms with E-state index >= 15 is 0 Å². The number of aromatic nitrogens is 1. The molecule has 112 valence electrons. The predicted molar refractivity (Wildman–Crippen MR) is 84.7 cm³/mol. The molecule has 1 aromatic carbocycles. The fraction of sp³-hybridized carbons (Fsp3) is 0.400. The van der Waals surface area contributed by atoms with Gasteiger partial charge >= 0.3 is 0 Å². The van der Waals surface area contributed by atoms with Crippen LogP contribution in [-0.4, -0.2) is 41.0 Å². The van der Waals surface area contributed by atoms with Crippen LogP contribution < -0.4 is 5.32 Å². The van der Waals surface area contributed by atoms with Crippen molar-refractivity contribution in [3.8, 4) is 0 Å². The second-order valence-corrected chi connectivity index (χ2v) is 5.85. The number of fused-ring (bicyclic) bond motifs is 1. The van der Waals surface area contributed by atoms with E-state index in [1.54, 1.807) is 12.3 Å². The van der Waals surface area contributed by atoms with Gasteiger partial charge in [0.05, 0.1) is 4.92 Å². The number of hydrogen-bond donors (Lipinski definition) is 1. The Labute approximate surface area is 123 Å². The van der Waals surface area contributed by atoms with E-state index in [0.717, 1.165) is 17.6 Å². The average Bonchev–Trinajstić information content (AvgIpc) is 2.44. The average molecular weight is 288 g/mol. The smallest absolute Gasteiger partial charge is 0.295 e. The van der Waals surface area contributed by atoms with Gasteiger partial charge in [-0.3, -0.25) is 10.1 Å². The maximum absolute atomic E-state index is 11.1. The van der Waals surface area contributed by atoms with Crippen LogP contribution in [0.15, 0.2) is 30.5 Å². The van der Waals surface area contributed by atoms with Crippen LogP contribution in [0.3, 0.4) is 0 Å². The number of nitrogens with zero attached hydrogens (tertiary/aromatic N) is 3. The van der Waals surface area contributed by atoms with Crippen LogP contribution in [0.4, 0.5) is 11.4 Å². The Morgan fingerprint density at radius 3 is 2.67 bits per heavy atom. The van der Waals surface area contributed by atoms with Gasteiger partial charge in [-0.1, -0.05) is 12.1 Å². The molecule has 0 aliphatic heterocycles. The SMILES string of the molecule is CN(C)C(C)(C)CNc1ccnc2c([N+](=O)[O-])cccc12. The number of para-hydroxylation sites is 1. The summed E-state index contributed by atoms with van der Waals surface area (Å²) in [5, 5.41) is 15.2. The van der Waals surface area contributed by atoms with Gasteiger partial charge in [-0.2, -0.15) is 0 Å². The second-order valence-electron chi connectivity index (χ2n) is 5.85. The number of non-ortho nitro benzene ring substituents is 1. The standard InChI is InChI=1S/C15H20N4O2/c1-15(2,18(3)4)10-17-12-8-9-16-14-11(12)6-5-7-13(14)19(20)21/h5-9H,10H2,1-4H3,(H,16,17). The summed E-state index contributed by atoms with van der Waals surface area (Å²) in [5.74, 6) is 0. The summed E-state index contributed by atoms with van der Waals surface area (Å²) in [6.07, 6.45) is 1.60. The predicted octanol–water partition coefficient (Wildman–Crippen LogP) is 2.90. The van der Waals surface area contributed by atoms with Crippen LogP contribution in [0.1, 0.15) is 13.8 Å². The molecule has 1 heterocycles. The van der Waals surface area contributed by atoms with Crippen LogP contribution in [0.25, 0.3) is 10.9 Å². The van der Waals surface area contributed by atoms with Gasteiger partial charge in [-0.15, -0.1) is 0 Å². The molecule has 2 rings (SSSR count). The zero-order valence-corrected chi connectivity index (χ0v) is 12.8. The molecule has 1 N–H and O–H groups in total. The minimum absolute atomic E-state index is 0.0306. The molecule has 0 spiro atoms. The minimum Gasteiger partial charge on any atom is -0.383 e. The lowest BCUT2D eigenvalue weighted by atomic mass is 10.0. The van der Waals surface area contributed by atoms with Gasteiger partial charge in [-0.05, 0) is 34.0 Å². The summed E-state index contributed by atoms with van der Waals surface area (Å²) < 4.78 is 0. The first-order valence-electron chi connectivity index (χ1n) is 6.76. The van der Waals surface area contributed by atoms with Crippen molar-refractivity contribution < 1.29 is 4.92 Å². The molecule has 0 aliphatic rings. The van der Waals surface area contributed by atoms with Gasteiger partial charge in [0.15, 0.2) is 0 Å². The van der Waals surface area contributed by atoms with Crippen molar-refractivity contribution in [3.05, 3.63) is 40.6 Å². The van der Waals surface area contributed by atoms with Gasteiger partial charge < -0.3 is 10.2 Å². The molecule has 0 unspecified atom stereocenters. The topological polar surface area (TPSA) is 71.3 Å². The highest BCUT2D eigenvalue weighted by Crippen LogP contribution is 2.28. The monoisotopic (exact) mass is 288 g/mol. The molecule has 0 amide bonds. The number of pyridine rings is 1. The van der Waals surface area contributed by atoms with Crippen molar-refractivity contribution in [2.45, 2.75) is 19.4 Å². The third-order valence-corrected chi connectivity index (χ3v) is 3.87. The lowest BCUT2D eigenvalue weighted by molar-refractivity contribution is -0.383. The van der Waals surface area contributed by atoms with Gasteiger partial charge in [0.1, 0.15) is 5.52 Å². The highest BCUT2D eigenvalue weighted by molar-refractivity contribution is 5.96. The second kappa shape index (κ2) is 5.65. The summed E-state index contributed by atoms with van der Waals surface area (Å²) in [7, 11) is 4.05. The van der Waals surface area contributed by atoms with Crippen molar-refractivity contribution in [2.75, 3.05) is 26.0 Å². The van der Waals surface area contributed by atoms with Crippen LogP contribution in [0.2, 0.25) is 0 Å². The molecule has 0 bridgehead atoms. The third-order valence-electron chi connectivity index (χ3n) is 3.87. The Morgan fingerprint density at radius 2 is 2.05 bits per heavy atom. The first-order chi connectivity index (χ1) is 9.83. The molecular weight excluding hydrogens is 268 g/mol. The van der Waals surface area contributed by atoms with Crippen molar-refractivity contribution in [2.24, 2.45) is 0 Å². The van der Waals surface area contributed by atoms with Crippen molar-refractivity contribution >= 4 is 22.3 Å². The lowest BCUT2D eigenvalue weighted by Crippen LogP contribution is -2.44. The molecule has 21 heavy (non-hydrogen) atoms.